The van der Waals surface area contributed by atoms with Gasteiger partial charge in [0.15, 0.2) is 0 Å². The van der Waals surface area contributed by atoms with Crippen molar-refractivity contribution in [3.63, 3.8) is 0 Å². The highest BCUT2D eigenvalue weighted by molar-refractivity contribution is 5.11. The first-order chi connectivity index (χ1) is 7.22. The highest BCUT2D eigenvalue weighted by atomic mass is 16.5. The van der Waals surface area contributed by atoms with Crippen LogP contribution in [-0.4, -0.2) is 29.5 Å². The molecule has 0 unspecified atom stereocenters. The van der Waals surface area contributed by atoms with Crippen LogP contribution in [0.1, 0.15) is 19.5 Å². The SMILES string of the molecule is CC(C)OCCOc1ccc(CN)nn1. The van der Waals surface area contributed by atoms with Crippen molar-refractivity contribution < 1.29 is 9.47 Å². The van der Waals surface area contributed by atoms with E-state index in [-0.39, 0.29) is 6.10 Å². The Labute approximate surface area is 89.6 Å². The van der Waals surface area contributed by atoms with Crippen molar-refractivity contribution in [1.29, 1.82) is 0 Å². The summed E-state index contributed by atoms with van der Waals surface area (Å²) in [5.74, 6) is 0.500. The van der Waals surface area contributed by atoms with Crippen molar-refractivity contribution in [2.45, 2.75) is 26.5 Å². The van der Waals surface area contributed by atoms with Gasteiger partial charge in [0.2, 0.25) is 5.88 Å². The molecule has 15 heavy (non-hydrogen) atoms. The summed E-state index contributed by atoms with van der Waals surface area (Å²) in [6.45, 7) is 5.39. The summed E-state index contributed by atoms with van der Waals surface area (Å²) in [5, 5.41) is 7.73. The van der Waals surface area contributed by atoms with E-state index in [0.29, 0.717) is 25.6 Å². The fourth-order valence-corrected chi connectivity index (χ4v) is 0.964. The first-order valence-electron chi connectivity index (χ1n) is 4.99. The summed E-state index contributed by atoms with van der Waals surface area (Å²) < 4.78 is 10.6. The number of rotatable bonds is 6. The second kappa shape index (κ2) is 6.31. The van der Waals surface area contributed by atoms with Gasteiger partial charge in [0, 0.05) is 12.6 Å². The van der Waals surface area contributed by atoms with Crippen LogP contribution < -0.4 is 10.5 Å². The average molecular weight is 211 g/mol. The zero-order chi connectivity index (χ0) is 11.1. The highest BCUT2D eigenvalue weighted by Crippen LogP contribution is 2.04. The van der Waals surface area contributed by atoms with Crippen LogP contribution in [0.5, 0.6) is 5.88 Å². The monoisotopic (exact) mass is 211 g/mol. The Hall–Kier alpha value is -1.20. The molecule has 0 aliphatic heterocycles. The lowest BCUT2D eigenvalue weighted by Crippen LogP contribution is -2.12. The van der Waals surface area contributed by atoms with E-state index < -0.39 is 0 Å². The molecule has 0 amide bonds. The van der Waals surface area contributed by atoms with Gasteiger partial charge in [-0.1, -0.05) is 0 Å². The van der Waals surface area contributed by atoms with E-state index in [0.717, 1.165) is 5.69 Å². The van der Waals surface area contributed by atoms with Gasteiger partial charge in [-0.25, -0.2) is 0 Å². The van der Waals surface area contributed by atoms with Crippen LogP contribution in [0.15, 0.2) is 12.1 Å². The smallest absolute Gasteiger partial charge is 0.233 e. The van der Waals surface area contributed by atoms with Gasteiger partial charge < -0.3 is 15.2 Å². The highest BCUT2D eigenvalue weighted by Gasteiger charge is 1.98. The summed E-state index contributed by atoms with van der Waals surface area (Å²) in [6, 6.07) is 3.55. The molecule has 0 aliphatic rings. The molecule has 5 heteroatoms. The zero-order valence-corrected chi connectivity index (χ0v) is 9.14. The van der Waals surface area contributed by atoms with Crippen LogP contribution in [-0.2, 0) is 11.3 Å². The second-order valence-corrected chi connectivity index (χ2v) is 3.34. The maximum atomic E-state index is 5.39. The summed E-state index contributed by atoms with van der Waals surface area (Å²) in [6.07, 6.45) is 0.222. The molecule has 0 fully saturated rings. The lowest BCUT2D eigenvalue weighted by atomic mass is 10.4. The maximum Gasteiger partial charge on any atom is 0.233 e. The van der Waals surface area contributed by atoms with Gasteiger partial charge in [0.1, 0.15) is 6.61 Å². The average Bonchev–Trinajstić information content (AvgIpc) is 2.25. The fourth-order valence-electron chi connectivity index (χ4n) is 0.964. The molecule has 0 aliphatic carbocycles. The normalized spacial score (nSPS) is 10.7. The minimum absolute atomic E-state index is 0.222. The van der Waals surface area contributed by atoms with Crippen LogP contribution >= 0.6 is 0 Å². The lowest BCUT2D eigenvalue weighted by Gasteiger charge is -2.08. The van der Waals surface area contributed by atoms with Gasteiger partial charge in [-0.05, 0) is 19.9 Å². The standard InChI is InChI=1S/C10H17N3O2/c1-8(2)14-5-6-15-10-4-3-9(7-11)12-13-10/h3-4,8H,5-7,11H2,1-2H3. The van der Waals surface area contributed by atoms with Crippen molar-refractivity contribution in [2.24, 2.45) is 5.73 Å². The summed E-state index contributed by atoms with van der Waals surface area (Å²) in [5.41, 5.74) is 6.14. The molecule has 5 nitrogen and oxygen atoms in total. The van der Waals surface area contributed by atoms with Crippen molar-refractivity contribution >= 4 is 0 Å². The molecule has 0 saturated heterocycles. The molecule has 1 aromatic heterocycles. The quantitative estimate of drug-likeness (QED) is 0.703. The number of hydrogen-bond acceptors (Lipinski definition) is 5. The number of aromatic nitrogens is 2. The van der Waals surface area contributed by atoms with Crippen LogP contribution in [0.4, 0.5) is 0 Å². The van der Waals surface area contributed by atoms with E-state index in [1.807, 2.05) is 13.8 Å². The predicted octanol–water partition coefficient (Wildman–Crippen LogP) is 0.739. The zero-order valence-electron chi connectivity index (χ0n) is 9.14. The van der Waals surface area contributed by atoms with Crippen molar-refractivity contribution in [3.05, 3.63) is 17.8 Å². The minimum atomic E-state index is 0.222. The summed E-state index contributed by atoms with van der Waals surface area (Å²) in [4.78, 5) is 0. The molecular formula is C10H17N3O2. The first-order valence-corrected chi connectivity index (χ1v) is 4.99. The Morgan fingerprint density at radius 2 is 2.07 bits per heavy atom. The number of nitrogens with two attached hydrogens (primary N) is 1. The Balaban J connectivity index is 2.25. The molecule has 84 valence electrons. The molecule has 0 saturated carbocycles. The van der Waals surface area contributed by atoms with E-state index in [2.05, 4.69) is 10.2 Å². The molecule has 0 spiro atoms. The molecule has 1 rings (SSSR count). The van der Waals surface area contributed by atoms with Gasteiger partial charge in [-0.2, -0.15) is 5.10 Å². The number of ether oxygens (including phenoxy) is 2. The Kier molecular flexibility index (Phi) is 5.00. The summed E-state index contributed by atoms with van der Waals surface area (Å²) in [7, 11) is 0. The van der Waals surface area contributed by atoms with Gasteiger partial charge in [0.05, 0.1) is 18.4 Å². The molecular weight excluding hydrogens is 194 g/mol. The molecule has 1 aromatic rings. The third-order valence-corrected chi connectivity index (χ3v) is 1.69. The van der Waals surface area contributed by atoms with Crippen molar-refractivity contribution in [2.75, 3.05) is 13.2 Å². The minimum Gasteiger partial charge on any atom is -0.474 e. The van der Waals surface area contributed by atoms with Crippen molar-refractivity contribution in [1.82, 2.24) is 10.2 Å². The number of nitrogens with zero attached hydrogens (tertiary/aromatic N) is 2. The Bertz CT molecular complexity index is 275. The molecule has 2 N–H and O–H groups in total. The lowest BCUT2D eigenvalue weighted by molar-refractivity contribution is 0.0540. The van der Waals surface area contributed by atoms with Gasteiger partial charge in [0.25, 0.3) is 0 Å². The maximum absolute atomic E-state index is 5.39. The fraction of sp³-hybridized carbons (Fsp3) is 0.600. The molecule has 0 bridgehead atoms. The topological polar surface area (TPSA) is 70.3 Å². The Morgan fingerprint density at radius 3 is 2.60 bits per heavy atom. The number of hydrogen-bond donors (Lipinski definition) is 1. The largest absolute Gasteiger partial charge is 0.474 e. The third-order valence-electron chi connectivity index (χ3n) is 1.69. The molecule has 0 radical (unpaired) electrons. The van der Waals surface area contributed by atoms with Crippen molar-refractivity contribution in [3.8, 4) is 5.88 Å². The summed E-state index contributed by atoms with van der Waals surface area (Å²) >= 11 is 0. The van der Waals surface area contributed by atoms with Gasteiger partial charge in [-0.3, -0.25) is 0 Å². The second-order valence-electron chi connectivity index (χ2n) is 3.34. The third kappa shape index (κ3) is 4.71. The van der Waals surface area contributed by atoms with Crippen LogP contribution in [0.25, 0.3) is 0 Å². The van der Waals surface area contributed by atoms with Gasteiger partial charge in [-0.15, -0.1) is 5.10 Å². The van der Waals surface area contributed by atoms with E-state index >= 15 is 0 Å². The molecule has 0 atom stereocenters. The van der Waals surface area contributed by atoms with E-state index in [4.69, 9.17) is 15.2 Å². The van der Waals surface area contributed by atoms with Crippen LogP contribution in [0.2, 0.25) is 0 Å². The molecule has 0 aromatic carbocycles. The van der Waals surface area contributed by atoms with E-state index in [1.165, 1.54) is 0 Å². The van der Waals surface area contributed by atoms with E-state index in [1.54, 1.807) is 12.1 Å². The van der Waals surface area contributed by atoms with Crippen LogP contribution in [0, 0.1) is 0 Å². The predicted molar refractivity (Wildman–Crippen MR) is 56.5 cm³/mol. The Morgan fingerprint density at radius 1 is 1.27 bits per heavy atom. The first kappa shape index (κ1) is 11.9. The van der Waals surface area contributed by atoms with Crippen LogP contribution in [0.3, 0.4) is 0 Å². The van der Waals surface area contributed by atoms with E-state index in [9.17, 15) is 0 Å². The van der Waals surface area contributed by atoms with Gasteiger partial charge >= 0.3 is 0 Å². The molecule has 1 heterocycles.